The molecule has 3 rings (SSSR count). The van der Waals surface area contributed by atoms with Crippen LogP contribution in [0.25, 0.3) is 0 Å². The van der Waals surface area contributed by atoms with E-state index in [9.17, 15) is 4.79 Å². The molecule has 1 N–H and O–H groups in total. The number of carbonyl (C=O) groups is 1. The highest BCUT2D eigenvalue weighted by atomic mass is 35.5. The van der Waals surface area contributed by atoms with Gasteiger partial charge in [-0.15, -0.1) is 0 Å². The molecular weight excluding hydrogens is 276 g/mol. The minimum Gasteiger partial charge on any atom is -0.330 e. The maximum Gasteiger partial charge on any atom is 0.276 e. The standard InChI is InChI=1S/C14H15ClN4O/c1-9-13(17-18-16-9)14(20)19(12-6-7-12)8-10-2-4-11(15)5-3-10/h2-5,12H,6-8H2,1H3,(H,16,17,18). The van der Waals surface area contributed by atoms with E-state index in [-0.39, 0.29) is 5.91 Å². The van der Waals surface area contributed by atoms with Gasteiger partial charge in [0, 0.05) is 17.6 Å². The number of nitrogens with one attached hydrogen (secondary N) is 1. The summed E-state index contributed by atoms with van der Waals surface area (Å²) in [4.78, 5) is 14.4. The van der Waals surface area contributed by atoms with Gasteiger partial charge >= 0.3 is 0 Å². The van der Waals surface area contributed by atoms with Gasteiger partial charge in [0.2, 0.25) is 0 Å². The Kier molecular flexibility index (Phi) is 3.44. The van der Waals surface area contributed by atoms with E-state index < -0.39 is 0 Å². The number of aryl methyl sites for hydroxylation is 1. The van der Waals surface area contributed by atoms with E-state index >= 15 is 0 Å². The summed E-state index contributed by atoms with van der Waals surface area (Å²) in [6.07, 6.45) is 2.10. The molecule has 1 heterocycles. The average Bonchev–Trinajstić information content (AvgIpc) is 3.19. The summed E-state index contributed by atoms with van der Waals surface area (Å²) in [5, 5.41) is 11.1. The van der Waals surface area contributed by atoms with Crippen LogP contribution < -0.4 is 0 Å². The number of rotatable bonds is 4. The number of aromatic amines is 1. The van der Waals surface area contributed by atoms with Crippen LogP contribution in [0.5, 0.6) is 0 Å². The SMILES string of the molecule is Cc1n[nH]nc1C(=O)N(Cc1ccc(Cl)cc1)C1CC1. The van der Waals surface area contributed by atoms with E-state index in [4.69, 9.17) is 11.6 Å². The van der Waals surface area contributed by atoms with Crippen LogP contribution in [-0.4, -0.2) is 32.3 Å². The highest BCUT2D eigenvalue weighted by Crippen LogP contribution is 2.30. The number of aromatic nitrogens is 3. The average molecular weight is 291 g/mol. The number of hydrogen-bond acceptors (Lipinski definition) is 3. The van der Waals surface area contributed by atoms with Crippen LogP contribution in [0.3, 0.4) is 0 Å². The molecule has 1 aliphatic carbocycles. The molecule has 1 aromatic heterocycles. The van der Waals surface area contributed by atoms with Gasteiger partial charge in [0.15, 0.2) is 5.69 Å². The number of amides is 1. The fraction of sp³-hybridized carbons (Fsp3) is 0.357. The van der Waals surface area contributed by atoms with Gasteiger partial charge in [0.1, 0.15) is 0 Å². The maximum absolute atomic E-state index is 12.6. The van der Waals surface area contributed by atoms with Crippen LogP contribution in [0.2, 0.25) is 5.02 Å². The van der Waals surface area contributed by atoms with Crippen molar-refractivity contribution in [1.82, 2.24) is 20.3 Å². The van der Waals surface area contributed by atoms with Gasteiger partial charge in [-0.2, -0.15) is 15.4 Å². The summed E-state index contributed by atoms with van der Waals surface area (Å²) < 4.78 is 0. The Labute approximate surface area is 121 Å². The molecular formula is C14H15ClN4O. The molecule has 0 aliphatic heterocycles. The highest BCUT2D eigenvalue weighted by molar-refractivity contribution is 6.30. The molecule has 2 aromatic rings. The van der Waals surface area contributed by atoms with Crippen LogP contribution in [0, 0.1) is 6.92 Å². The fourth-order valence-corrected chi connectivity index (χ4v) is 2.29. The highest BCUT2D eigenvalue weighted by Gasteiger charge is 2.34. The molecule has 0 bridgehead atoms. The van der Waals surface area contributed by atoms with Crippen molar-refractivity contribution in [3.05, 3.63) is 46.2 Å². The summed E-state index contributed by atoms with van der Waals surface area (Å²) in [6.45, 7) is 2.36. The summed E-state index contributed by atoms with van der Waals surface area (Å²) >= 11 is 5.88. The second kappa shape index (κ2) is 5.25. The van der Waals surface area contributed by atoms with Crippen molar-refractivity contribution >= 4 is 17.5 Å². The predicted octanol–water partition coefficient (Wildman–Crippen LogP) is 2.57. The first-order chi connectivity index (χ1) is 9.65. The zero-order chi connectivity index (χ0) is 14.1. The fourth-order valence-electron chi connectivity index (χ4n) is 2.16. The van der Waals surface area contributed by atoms with E-state index in [2.05, 4.69) is 15.4 Å². The number of carbonyl (C=O) groups excluding carboxylic acids is 1. The number of hydrogen-bond donors (Lipinski definition) is 1. The van der Waals surface area contributed by atoms with Gasteiger partial charge < -0.3 is 4.90 Å². The molecule has 20 heavy (non-hydrogen) atoms. The van der Waals surface area contributed by atoms with Crippen molar-refractivity contribution in [2.45, 2.75) is 32.4 Å². The Morgan fingerprint density at radius 3 is 2.60 bits per heavy atom. The molecule has 1 aromatic carbocycles. The van der Waals surface area contributed by atoms with E-state index in [0.717, 1.165) is 18.4 Å². The van der Waals surface area contributed by atoms with Crippen LogP contribution >= 0.6 is 11.6 Å². The Hall–Kier alpha value is -1.88. The Morgan fingerprint density at radius 2 is 2.05 bits per heavy atom. The first-order valence-corrected chi connectivity index (χ1v) is 6.95. The second-order valence-electron chi connectivity index (χ2n) is 5.05. The van der Waals surface area contributed by atoms with E-state index in [1.54, 1.807) is 6.92 Å². The molecule has 0 spiro atoms. The van der Waals surface area contributed by atoms with Crippen LogP contribution in [0.15, 0.2) is 24.3 Å². The third kappa shape index (κ3) is 2.67. The van der Waals surface area contributed by atoms with Gasteiger partial charge in [0.05, 0.1) is 5.69 Å². The molecule has 1 saturated carbocycles. The Balaban J connectivity index is 1.81. The van der Waals surface area contributed by atoms with Gasteiger partial charge in [-0.25, -0.2) is 0 Å². The number of benzene rings is 1. The van der Waals surface area contributed by atoms with Crippen molar-refractivity contribution in [2.24, 2.45) is 0 Å². The molecule has 0 unspecified atom stereocenters. The molecule has 0 atom stereocenters. The van der Waals surface area contributed by atoms with Crippen LogP contribution in [-0.2, 0) is 6.54 Å². The van der Waals surface area contributed by atoms with E-state index in [1.807, 2.05) is 29.2 Å². The van der Waals surface area contributed by atoms with Gasteiger partial charge in [-0.3, -0.25) is 4.79 Å². The lowest BCUT2D eigenvalue weighted by atomic mass is 10.2. The summed E-state index contributed by atoms with van der Waals surface area (Å²) in [5.74, 6) is -0.0614. The van der Waals surface area contributed by atoms with Crippen molar-refractivity contribution in [3.8, 4) is 0 Å². The zero-order valence-corrected chi connectivity index (χ0v) is 11.9. The number of halogens is 1. The first kappa shape index (κ1) is 13.1. The quantitative estimate of drug-likeness (QED) is 0.941. The lowest BCUT2D eigenvalue weighted by Gasteiger charge is -2.21. The molecule has 5 nitrogen and oxygen atoms in total. The lowest BCUT2D eigenvalue weighted by molar-refractivity contribution is 0.0723. The summed E-state index contributed by atoms with van der Waals surface area (Å²) in [5.41, 5.74) is 2.11. The minimum absolute atomic E-state index is 0.0614. The molecule has 6 heteroatoms. The van der Waals surface area contributed by atoms with Crippen molar-refractivity contribution in [1.29, 1.82) is 0 Å². The molecule has 0 radical (unpaired) electrons. The minimum atomic E-state index is -0.0614. The largest absolute Gasteiger partial charge is 0.330 e. The monoisotopic (exact) mass is 290 g/mol. The van der Waals surface area contributed by atoms with Crippen LogP contribution in [0.1, 0.15) is 34.6 Å². The smallest absolute Gasteiger partial charge is 0.276 e. The molecule has 104 valence electrons. The normalized spacial score (nSPS) is 14.3. The third-order valence-corrected chi connectivity index (χ3v) is 3.69. The second-order valence-corrected chi connectivity index (χ2v) is 5.48. The van der Waals surface area contributed by atoms with E-state index in [0.29, 0.717) is 29.0 Å². The van der Waals surface area contributed by atoms with Gasteiger partial charge in [-0.1, -0.05) is 23.7 Å². The van der Waals surface area contributed by atoms with E-state index in [1.165, 1.54) is 0 Å². The topological polar surface area (TPSA) is 61.9 Å². The predicted molar refractivity (Wildman–Crippen MR) is 75.5 cm³/mol. The lowest BCUT2D eigenvalue weighted by Crippen LogP contribution is -2.33. The maximum atomic E-state index is 12.6. The number of H-pyrrole nitrogens is 1. The Bertz CT molecular complexity index is 618. The Morgan fingerprint density at radius 1 is 1.35 bits per heavy atom. The summed E-state index contributed by atoms with van der Waals surface area (Å²) in [6, 6.07) is 7.89. The van der Waals surface area contributed by atoms with Crippen molar-refractivity contribution in [3.63, 3.8) is 0 Å². The first-order valence-electron chi connectivity index (χ1n) is 6.58. The number of nitrogens with zero attached hydrogens (tertiary/aromatic N) is 3. The molecule has 1 amide bonds. The molecule has 1 fully saturated rings. The van der Waals surface area contributed by atoms with Crippen molar-refractivity contribution < 1.29 is 4.79 Å². The van der Waals surface area contributed by atoms with Gasteiger partial charge in [-0.05, 0) is 37.5 Å². The van der Waals surface area contributed by atoms with Crippen LogP contribution in [0.4, 0.5) is 0 Å². The van der Waals surface area contributed by atoms with Gasteiger partial charge in [0.25, 0.3) is 5.91 Å². The summed E-state index contributed by atoms with van der Waals surface area (Å²) in [7, 11) is 0. The molecule has 0 saturated heterocycles. The molecule has 1 aliphatic rings. The zero-order valence-electron chi connectivity index (χ0n) is 11.1. The third-order valence-electron chi connectivity index (χ3n) is 3.44. The van der Waals surface area contributed by atoms with Crippen molar-refractivity contribution in [2.75, 3.05) is 0 Å².